The Balaban J connectivity index is 1.37. The summed E-state index contributed by atoms with van der Waals surface area (Å²) in [6.45, 7) is 7.89. The van der Waals surface area contributed by atoms with Crippen molar-refractivity contribution in [2.75, 3.05) is 19.3 Å². The molecule has 1 amide bonds. The predicted molar refractivity (Wildman–Crippen MR) is 121 cm³/mol. The number of carbonyl (C=O) groups is 1. The van der Waals surface area contributed by atoms with E-state index in [0.29, 0.717) is 17.1 Å². The molecule has 0 N–H and O–H groups in total. The van der Waals surface area contributed by atoms with Crippen molar-refractivity contribution in [2.45, 2.75) is 88.9 Å². The number of nitrogens with zero attached hydrogens (tertiary/aromatic N) is 1. The van der Waals surface area contributed by atoms with Crippen LogP contribution in [0.25, 0.3) is 0 Å². The van der Waals surface area contributed by atoms with E-state index in [2.05, 4.69) is 20.8 Å². The van der Waals surface area contributed by atoms with Crippen molar-refractivity contribution in [1.82, 2.24) is 4.90 Å². The molecule has 0 bridgehead atoms. The molecule has 3 rings (SSSR count). The molecular weight excluding hydrogens is 414 g/mol. The Morgan fingerprint density at radius 1 is 0.935 bits per heavy atom. The summed E-state index contributed by atoms with van der Waals surface area (Å²) in [5.41, 5.74) is 0.0287. The molecule has 2 fully saturated rings. The van der Waals surface area contributed by atoms with E-state index in [1.54, 1.807) is 24.3 Å². The molecule has 1 saturated carbocycles. The van der Waals surface area contributed by atoms with Gasteiger partial charge >= 0.3 is 0 Å². The van der Waals surface area contributed by atoms with E-state index in [9.17, 15) is 13.2 Å². The molecule has 6 nitrogen and oxygen atoms in total. The molecule has 1 aliphatic heterocycles. The van der Waals surface area contributed by atoms with Crippen LogP contribution in [0.15, 0.2) is 29.2 Å². The first-order chi connectivity index (χ1) is 14.5. The summed E-state index contributed by atoms with van der Waals surface area (Å²) < 4.78 is 35.5. The van der Waals surface area contributed by atoms with Crippen molar-refractivity contribution in [2.24, 2.45) is 5.41 Å². The first-order valence-corrected chi connectivity index (χ1v) is 13.3. The maximum Gasteiger partial charge on any atom is 0.223 e. The Bertz CT molecular complexity index is 828. The number of benzene rings is 1. The molecule has 2 aliphatic rings. The number of piperidine rings is 1. The molecule has 0 aromatic heterocycles. The smallest absolute Gasteiger partial charge is 0.223 e. The lowest BCUT2D eigenvalue weighted by molar-refractivity contribution is -0.137. The molecule has 174 valence electrons. The van der Waals surface area contributed by atoms with Crippen LogP contribution >= 0.6 is 0 Å². The molecule has 1 aliphatic carbocycles. The van der Waals surface area contributed by atoms with E-state index >= 15 is 0 Å². The first-order valence-electron chi connectivity index (χ1n) is 11.4. The van der Waals surface area contributed by atoms with Gasteiger partial charge in [-0.25, -0.2) is 8.42 Å². The van der Waals surface area contributed by atoms with Crippen LogP contribution in [0.2, 0.25) is 0 Å². The quantitative estimate of drug-likeness (QED) is 0.647. The fourth-order valence-electron chi connectivity index (χ4n) is 4.32. The van der Waals surface area contributed by atoms with Crippen molar-refractivity contribution in [3.63, 3.8) is 0 Å². The summed E-state index contributed by atoms with van der Waals surface area (Å²) in [6.07, 6.45) is 8.07. The Morgan fingerprint density at radius 2 is 1.45 bits per heavy atom. The number of carbonyl (C=O) groups excluding carboxylic acids is 1. The fraction of sp³-hybridized carbons (Fsp3) is 0.708. The molecule has 0 spiro atoms. The lowest BCUT2D eigenvalue weighted by Crippen LogP contribution is -2.43. The Labute approximate surface area is 187 Å². The molecule has 1 aromatic carbocycles. The maximum absolute atomic E-state index is 12.4. The molecule has 1 saturated heterocycles. The van der Waals surface area contributed by atoms with Crippen LogP contribution in [0.4, 0.5) is 0 Å². The molecule has 1 aromatic rings. The van der Waals surface area contributed by atoms with E-state index in [-0.39, 0.29) is 29.6 Å². The Hall–Kier alpha value is -1.60. The summed E-state index contributed by atoms with van der Waals surface area (Å²) in [6, 6.07) is 6.65. The van der Waals surface area contributed by atoms with Gasteiger partial charge in [-0.15, -0.1) is 0 Å². The molecule has 31 heavy (non-hydrogen) atoms. The lowest BCUT2D eigenvalue weighted by atomic mass is 9.91. The SMILES string of the molecule is CC(C)(C)CC(=O)N1CCC(OC2CCC(Oc3ccc(S(C)(=O)=O)cc3)CC2)CC1. The van der Waals surface area contributed by atoms with Crippen molar-refractivity contribution < 1.29 is 22.7 Å². The van der Waals surface area contributed by atoms with Crippen molar-refractivity contribution in [1.29, 1.82) is 0 Å². The zero-order valence-electron chi connectivity index (χ0n) is 19.3. The number of rotatable bonds is 6. The molecular formula is C24H37NO5S. The maximum atomic E-state index is 12.4. The summed E-state index contributed by atoms with van der Waals surface area (Å²) >= 11 is 0. The fourth-order valence-corrected chi connectivity index (χ4v) is 4.95. The third-order valence-corrected chi connectivity index (χ3v) is 7.17. The number of hydrogen-bond acceptors (Lipinski definition) is 5. The Kier molecular flexibility index (Phi) is 7.68. The van der Waals surface area contributed by atoms with Crippen LogP contribution < -0.4 is 4.74 Å². The topological polar surface area (TPSA) is 72.9 Å². The zero-order chi connectivity index (χ0) is 22.6. The van der Waals surface area contributed by atoms with Crippen LogP contribution in [0.5, 0.6) is 5.75 Å². The van der Waals surface area contributed by atoms with Crippen molar-refractivity contribution in [3.8, 4) is 5.75 Å². The third kappa shape index (κ3) is 7.49. The molecule has 0 unspecified atom stereocenters. The van der Waals surface area contributed by atoms with Gasteiger partial charge in [-0.3, -0.25) is 4.79 Å². The number of likely N-dealkylation sites (tertiary alicyclic amines) is 1. The second-order valence-corrected chi connectivity index (χ2v) is 12.2. The van der Waals surface area contributed by atoms with E-state index < -0.39 is 9.84 Å². The van der Waals surface area contributed by atoms with Gasteiger partial charge in [-0.05, 0) is 68.2 Å². The van der Waals surface area contributed by atoms with Gasteiger partial charge in [0.1, 0.15) is 5.75 Å². The minimum atomic E-state index is -3.18. The minimum absolute atomic E-state index is 0.0287. The number of amides is 1. The first kappa shape index (κ1) is 24.1. The van der Waals surface area contributed by atoms with Gasteiger partial charge in [-0.1, -0.05) is 20.8 Å². The van der Waals surface area contributed by atoms with Crippen LogP contribution in [0, 0.1) is 5.41 Å². The summed E-state index contributed by atoms with van der Waals surface area (Å²) in [5.74, 6) is 0.970. The molecule has 0 radical (unpaired) electrons. The highest BCUT2D eigenvalue weighted by atomic mass is 32.2. The normalized spacial score (nSPS) is 23.5. The number of hydrogen-bond donors (Lipinski definition) is 0. The van der Waals surface area contributed by atoms with Gasteiger partial charge in [0.15, 0.2) is 9.84 Å². The zero-order valence-corrected chi connectivity index (χ0v) is 20.1. The second-order valence-electron chi connectivity index (χ2n) is 10.2. The average molecular weight is 452 g/mol. The van der Waals surface area contributed by atoms with E-state index in [0.717, 1.165) is 51.6 Å². The summed E-state index contributed by atoms with van der Waals surface area (Å²) in [7, 11) is -3.18. The molecule has 0 atom stereocenters. The van der Waals surface area contributed by atoms with E-state index in [1.807, 2.05) is 4.90 Å². The summed E-state index contributed by atoms with van der Waals surface area (Å²) in [4.78, 5) is 14.7. The largest absolute Gasteiger partial charge is 0.490 e. The molecule has 1 heterocycles. The van der Waals surface area contributed by atoms with Gasteiger partial charge in [0, 0.05) is 25.8 Å². The van der Waals surface area contributed by atoms with E-state index in [1.165, 1.54) is 6.26 Å². The second kappa shape index (κ2) is 9.90. The van der Waals surface area contributed by atoms with Crippen LogP contribution in [-0.4, -0.2) is 56.9 Å². The van der Waals surface area contributed by atoms with Gasteiger partial charge < -0.3 is 14.4 Å². The summed E-state index contributed by atoms with van der Waals surface area (Å²) in [5, 5.41) is 0. The monoisotopic (exact) mass is 451 g/mol. The predicted octanol–water partition coefficient (Wildman–Crippen LogP) is 4.22. The van der Waals surface area contributed by atoms with Crippen molar-refractivity contribution in [3.05, 3.63) is 24.3 Å². The van der Waals surface area contributed by atoms with Crippen molar-refractivity contribution >= 4 is 15.7 Å². The van der Waals surface area contributed by atoms with Gasteiger partial charge in [0.05, 0.1) is 23.2 Å². The average Bonchev–Trinajstić information content (AvgIpc) is 2.68. The van der Waals surface area contributed by atoms with Crippen LogP contribution in [0.3, 0.4) is 0 Å². The Morgan fingerprint density at radius 3 is 1.97 bits per heavy atom. The highest BCUT2D eigenvalue weighted by Gasteiger charge is 2.29. The van der Waals surface area contributed by atoms with Gasteiger partial charge in [0.2, 0.25) is 5.91 Å². The number of ether oxygens (including phenoxy) is 2. The highest BCUT2D eigenvalue weighted by molar-refractivity contribution is 7.90. The van der Waals surface area contributed by atoms with Gasteiger partial charge in [0.25, 0.3) is 0 Å². The van der Waals surface area contributed by atoms with Crippen LogP contribution in [0.1, 0.15) is 65.7 Å². The van der Waals surface area contributed by atoms with Crippen LogP contribution in [-0.2, 0) is 19.4 Å². The number of sulfone groups is 1. The minimum Gasteiger partial charge on any atom is -0.490 e. The third-order valence-electron chi connectivity index (χ3n) is 6.04. The standard InChI is InChI=1S/C24H37NO5S/c1-24(2,3)17-23(26)25-15-13-21(14-16-25)30-19-7-5-18(6-8-19)29-20-9-11-22(12-10-20)31(4,27)28/h9-12,18-19,21H,5-8,13-17H2,1-4H3. The lowest BCUT2D eigenvalue weighted by Gasteiger charge is -2.37. The highest BCUT2D eigenvalue weighted by Crippen LogP contribution is 2.29. The molecule has 7 heteroatoms. The van der Waals surface area contributed by atoms with Gasteiger partial charge in [-0.2, -0.15) is 0 Å². The van der Waals surface area contributed by atoms with E-state index in [4.69, 9.17) is 9.47 Å².